The maximum atomic E-state index is 13.0. The highest BCUT2D eigenvalue weighted by atomic mass is 32.2. The monoisotopic (exact) mass is 479 g/mol. The molecule has 0 aliphatic carbocycles. The summed E-state index contributed by atoms with van der Waals surface area (Å²) in [5.41, 5.74) is 1.98. The summed E-state index contributed by atoms with van der Waals surface area (Å²) in [7, 11) is -4.47. The Morgan fingerprint density at radius 3 is 2.22 bits per heavy atom. The van der Waals surface area contributed by atoms with Crippen molar-refractivity contribution >= 4 is 31.6 Å². The molecule has 1 saturated heterocycles. The van der Waals surface area contributed by atoms with Crippen molar-refractivity contribution in [3.8, 4) is 0 Å². The summed E-state index contributed by atoms with van der Waals surface area (Å²) < 4.78 is 53.6. The summed E-state index contributed by atoms with van der Waals surface area (Å²) in [6.07, 6.45) is 2.66. The van der Waals surface area contributed by atoms with Crippen LogP contribution in [-0.4, -0.2) is 58.5 Å². The van der Waals surface area contributed by atoms with Crippen LogP contribution in [0.1, 0.15) is 40.7 Å². The van der Waals surface area contributed by atoms with Crippen LogP contribution in [0.4, 0.5) is 5.69 Å². The number of amides is 1. The standard InChI is InChI=1S/C22H29N3O5S2/c1-16-13-20(31(27,28)24(3)4)15-21(17(16)2)23-22(26)18-9-8-10-19(14-18)32(29,30)25-11-6-5-7-12-25/h8-10,13-15H,5-7,11-12H2,1-4H3,(H,23,26). The van der Waals surface area contributed by atoms with E-state index in [4.69, 9.17) is 0 Å². The molecule has 0 unspecified atom stereocenters. The molecule has 0 radical (unpaired) electrons. The van der Waals surface area contributed by atoms with E-state index in [1.165, 1.54) is 48.7 Å². The first-order valence-electron chi connectivity index (χ1n) is 10.4. The van der Waals surface area contributed by atoms with Crippen molar-refractivity contribution < 1.29 is 21.6 Å². The molecule has 1 N–H and O–H groups in total. The number of benzene rings is 2. The van der Waals surface area contributed by atoms with Gasteiger partial charge in [0.25, 0.3) is 5.91 Å². The van der Waals surface area contributed by atoms with Gasteiger partial charge in [-0.05, 0) is 68.1 Å². The highest BCUT2D eigenvalue weighted by Gasteiger charge is 2.27. The van der Waals surface area contributed by atoms with Crippen molar-refractivity contribution in [2.24, 2.45) is 0 Å². The van der Waals surface area contributed by atoms with E-state index < -0.39 is 26.0 Å². The molecule has 174 valence electrons. The number of sulfonamides is 2. The molecule has 1 aliphatic heterocycles. The second kappa shape index (κ2) is 9.30. The average Bonchev–Trinajstić information content (AvgIpc) is 2.77. The topological polar surface area (TPSA) is 104 Å². The lowest BCUT2D eigenvalue weighted by Crippen LogP contribution is -2.35. The van der Waals surface area contributed by atoms with E-state index in [9.17, 15) is 21.6 Å². The lowest BCUT2D eigenvalue weighted by Gasteiger charge is -2.26. The van der Waals surface area contributed by atoms with Gasteiger partial charge in [-0.15, -0.1) is 0 Å². The molecular weight excluding hydrogens is 450 g/mol. The second-order valence-corrected chi connectivity index (χ2v) is 12.2. The Hall–Kier alpha value is -2.27. The van der Waals surface area contributed by atoms with Gasteiger partial charge in [-0.2, -0.15) is 4.31 Å². The highest BCUT2D eigenvalue weighted by molar-refractivity contribution is 7.89. The average molecular weight is 480 g/mol. The van der Waals surface area contributed by atoms with Crippen molar-refractivity contribution in [2.75, 3.05) is 32.5 Å². The molecule has 32 heavy (non-hydrogen) atoms. The molecule has 2 aromatic rings. The molecular formula is C22H29N3O5S2. The number of piperidine rings is 1. The third-order valence-corrected chi connectivity index (χ3v) is 9.40. The highest BCUT2D eigenvalue weighted by Crippen LogP contribution is 2.27. The molecule has 1 fully saturated rings. The zero-order valence-electron chi connectivity index (χ0n) is 18.8. The fourth-order valence-electron chi connectivity index (χ4n) is 3.56. The van der Waals surface area contributed by atoms with E-state index in [1.807, 2.05) is 0 Å². The number of anilines is 1. The Bertz CT molecular complexity index is 1230. The van der Waals surface area contributed by atoms with Gasteiger partial charge in [0.2, 0.25) is 20.0 Å². The van der Waals surface area contributed by atoms with Crippen molar-refractivity contribution in [1.29, 1.82) is 0 Å². The van der Waals surface area contributed by atoms with Gasteiger partial charge in [0, 0.05) is 38.4 Å². The predicted octanol–water partition coefficient (Wildman–Crippen LogP) is 2.98. The minimum absolute atomic E-state index is 0.0716. The quantitative estimate of drug-likeness (QED) is 0.686. The van der Waals surface area contributed by atoms with Gasteiger partial charge >= 0.3 is 0 Å². The minimum Gasteiger partial charge on any atom is -0.322 e. The number of nitrogens with zero attached hydrogens (tertiary/aromatic N) is 2. The van der Waals surface area contributed by atoms with Gasteiger partial charge in [0.1, 0.15) is 0 Å². The zero-order valence-corrected chi connectivity index (χ0v) is 20.4. The van der Waals surface area contributed by atoms with Gasteiger partial charge in [0.05, 0.1) is 9.79 Å². The van der Waals surface area contributed by atoms with Crippen LogP contribution >= 0.6 is 0 Å². The van der Waals surface area contributed by atoms with E-state index in [-0.39, 0.29) is 15.4 Å². The maximum absolute atomic E-state index is 13.0. The number of carbonyl (C=O) groups excluding carboxylic acids is 1. The van der Waals surface area contributed by atoms with Crippen LogP contribution in [-0.2, 0) is 20.0 Å². The lowest BCUT2D eigenvalue weighted by atomic mass is 10.1. The third-order valence-electron chi connectivity index (χ3n) is 5.72. The first-order chi connectivity index (χ1) is 14.9. The Morgan fingerprint density at radius 1 is 0.938 bits per heavy atom. The SMILES string of the molecule is Cc1cc(S(=O)(=O)N(C)C)cc(NC(=O)c2cccc(S(=O)(=O)N3CCCCC3)c2)c1C. The van der Waals surface area contributed by atoms with Gasteiger partial charge in [0.15, 0.2) is 0 Å². The largest absolute Gasteiger partial charge is 0.322 e. The lowest BCUT2D eigenvalue weighted by molar-refractivity contribution is 0.102. The van der Waals surface area contributed by atoms with Crippen LogP contribution in [0.25, 0.3) is 0 Å². The molecule has 10 heteroatoms. The molecule has 0 aromatic heterocycles. The predicted molar refractivity (Wildman–Crippen MR) is 124 cm³/mol. The first kappa shape index (κ1) is 24.4. The normalized spacial score (nSPS) is 15.7. The molecule has 1 amide bonds. The Labute approximate surface area is 190 Å². The molecule has 0 spiro atoms. The number of hydrogen-bond donors (Lipinski definition) is 1. The molecule has 0 atom stereocenters. The Kier molecular flexibility index (Phi) is 7.09. The van der Waals surface area contributed by atoms with Gasteiger partial charge in [-0.3, -0.25) is 4.79 Å². The summed E-state index contributed by atoms with van der Waals surface area (Å²) in [5.74, 6) is -0.511. The van der Waals surface area contributed by atoms with E-state index >= 15 is 0 Å². The summed E-state index contributed by atoms with van der Waals surface area (Å²) in [5, 5.41) is 2.75. The van der Waals surface area contributed by atoms with Crippen molar-refractivity contribution in [1.82, 2.24) is 8.61 Å². The third kappa shape index (κ3) is 4.88. The number of hydrogen-bond acceptors (Lipinski definition) is 5. The molecule has 1 aliphatic rings. The van der Waals surface area contributed by atoms with Crippen LogP contribution in [0.2, 0.25) is 0 Å². The second-order valence-electron chi connectivity index (χ2n) is 8.15. The summed E-state index contributed by atoms with van der Waals surface area (Å²) in [4.78, 5) is 13.1. The van der Waals surface area contributed by atoms with Gasteiger partial charge in [-0.1, -0.05) is 12.5 Å². The number of carbonyl (C=O) groups is 1. The first-order valence-corrected chi connectivity index (χ1v) is 13.3. The van der Waals surface area contributed by atoms with Crippen molar-refractivity contribution in [2.45, 2.75) is 42.9 Å². The van der Waals surface area contributed by atoms with E-state index in [0.717, 1.165) is 29.1 Å². The minimum atomic E-state index is -3.68. The zero-order chi connectivity index (χ0) is 23.7. The molecule has 0 bridgehead atoms. The van der Waals surface area contributed by atoms with E-state index in [1.54, 1.807) is 19.9 Å². The summed E-state index contributed by atoms with van der Waals surface area (Å²) in [6.45, 7) is 4.51. The Morgan fingerprint density at radius 2 is 1.59 bits per heavy atom. The van der Waals surface area contributed by atoms with Crippen LogP contribution in [0.5, 0.6) is 0 Å². The van der Waals surface area contributed by atoms with Crippen LogP contribution in [0.15, 0.2) is 46.2 Å². The fraction of sp³-hybridized carbons (Fsp3) is 0.409. The van der Waals surface area contributed by atoms with Gasteiger partial charge in [-0.25, -0.2) is 21.1 Å². The maximum Gasteiger partial charge on any atom is 0.255 e. The van der Waals surface area contributed by atoms with Crippen molar-refractivity contribution in [3.05, 3.63) is 53.1 Å². The molecule has 2 aromatic carbocycles. The summed E-state index contributed by atoms with van der Waals surface area (Å²) >= 11 is 0. The van der Waals surface area contributed by atoms with Crippen LogP contribution in [0, 0.1) is 13.8 Å². The molecule has 3 rings (SSSR count). The molecule has 0 saturated carbocycles. The van der Waals surface area contributed by atoms with E-state index in [2.05, 4.69) is 5.32 Å². The van der Waals surface area contributed by atoms with Gasteiger partial charge < -0.3 is 5.32 Å². The number of rotatable bonds is 6. The molecule has 1 heterocycles. The summed E-state index contributed by atoms with van der Waals surface area (Å²) in [6, 6.07) is 8.91. The molecule has 8 nitrogen and oxygen atoms in total. The number of aryl methyl sites for hydroxylation is 1. The smallest absolute Gasteiger partial charge is 0.255 e. The Balaban J connectivity index is 1.92. The number of nitrogens with one attached hydrogen (secondary N) is 1. The van der Waals surface area contributed by atoms with Crippen LogP contribution in [0.3, 0.4) is 0 Å². The van der Waals surface area contributed by atoms with Crippen LogP contribution < -0.4 is 5.32 Å². The fourth-order valence-corrected chi connectivity index (χ4v) is 6.14. The van der Waals surface area contributed by atoms with Crippen molar-refractivity contribution in [3.63, 3.8) is 0 Å². The van der Waals surface area contributed by atoms with E-state index in [0.29, 0.717) is 24.3 Å².